The van der Waals surface area contributed by atoms with Crippen molar-refractivity contribution in [2.45, 2.75) is 0 Å². The predicted octanol–water partition coefficient (Wildman–Crippen LogP) is 0.192. The van der Waals surface area contributed by atoms with Crippen molar-refractivity contribution in [2.75, 3.05) is 30.4 Å². The molecule has 0 fully saturated rings. The second-order valence-electron chi connectivity index (χ2n) is 3.40. The highest BCUT2D eigenvalue weighted by Gasteiger charge is 2.18. The van der Waals surface area contributed by atoms with E-state index in [9.17, 15) is 13.2 Å². The number of benzene rings is 1. The van der Waals surface area contributed by atoms with E-state index in [1.807, 2.05) is 0 Å². The van der Waals surface area contributed by atoms with Gasteiger partial charge >= 0.3 is 5.97 Å². The van der Waals surface area contributed by atoms with Gasteiger partial charge in [0.05, 0.1) is 19.9 Å². The van der Waals surface area contributed by atoms with Crippen LogP contribution in [0.2, 0.25) is 0 Å². The van der Waals surface area contributed by atoms with Crippen molar-refractivity contribution in [3.05, 3.63) is 18.2 Å². The normalized spacial score (nSPS) is 10.8. The Morgan fingerprint density at radius 3 is 2.61 bits per heavy atom. The fourth-order valence-electron chi connectivity index (χ4n) is 1.21. The van der Waals surface area contributed by atoms with Crippen LogP contribution in [0.15, 0.2) is 18.2 Å². The van der Waals surface area contributed by atoms with Crippen molar-refractivity contribution < 1.29 is 22.7 Å². The maximum absolute atomic E-state index is 11.6. The van der Waals surface area contributed by atoms with Crippen LogP contribution >= 0.6 is 0 Å². The van der Waals surface area contributed by atoms with E-state index in [0.717, 1.165) is 7.11 Å². The Morgan fingerprint density at radius 2 is 2.06 bits per heavy atom. The molecule has 3 N–H and O–H groups in total. The Balaban J connectivity index is 2.94. The molecule has 1 rings (SSSR count). The number of rotatable bonds is 5. The quantitative estimate of drug-likeness (QED) is 0.586. The molecule has 0 spiro atoms. The molecule has 0 saturated carbocycles. The van der Waals surface area contributed by atoms with E-state index in [4.69, 9.17) is 10.5 Å². The predicted molar refractivity (Wildman–Crippen MR) is 66.8 cm³/mol. The summed E-state index contributed by atoms with van der Waals surface area (Å²) in [5.41, 5.74) is 6.18. The lowest BCUT2D eigenvalue weighted by molar-refractivity contribution is -0.137. The van der Waals surface area contributed by atoms with Gasteiger partial charge in [-0.2, -0.15) is 0 Å². The van der Waals surface area contributed by atoms with Crippen molar-refractivity contribution in [1.29, 1.82) is 0 Å². The minimum absolute atomic E-state index is 0.204. The van der Waals surface area contributed by atoms with Crippen molar-refractivity contribution in [2.24, 2.45) is 0 Å². The largest absolute Gasteiger partial charge is 0.494 e. The summed E-state index contributed by atoms with van der Waals surface area (Å²) in [6, 6.07) is 4.43. The number of carbonyl (C=O) groups is 1. The van der Waals surface area contributed by atoms with E-state index < -0.39 is 21.7 Å². The summed E-state index contributed by atoms with van der Waals surface area (Å²) in [6.07, 6.45) is 0. The molecule has 0 aliphatic heterocycles. The molecule has 18 heavy (non-hydrogen) atoms. The molecule has 1 aromatic carbocycles. The Labute approximate surface area is 105 Å². The van der Waals surface area contributed by atoms with Gasteiger partial charge in [0.1, 0.15) is 5.75 Å². The minimum Gasteiger partial charge on any atom is -0.494 e. The van der Waals surface area contributed by atoms with Crippen LogP contribution < -0.4 is 15.2 Å². The third-order valence-electron chi connectivity index (χ3n) is 2.03. The molecule has 0 atom stereocenters. The molecule has 0 amide bonds. The monoisotopic (exact) mass is 274 g/mol. The van der Waals surface area contributed by atoms with Crippen LogP contribution in [0.4, 0.5) is 11.4 Å². The zero-order valence-electron chi connectivity index (χ0n) is 9.97. The van der Waals surface area contributed by atoms with Gasteiger partial charge in [-0.05, 0) is 12.1 Å². The number of anilines is 2. The summed E-state index contributed by atoms with van der Waals surface area (Å²) in [4.78, 5) is 10.9. The van der Waals surface area contributed by atoms with Gasteiger partial charge < -0.3 is 15.2 Å². The van der Waals surface area contributed by atoms with Crippen LogP contribution in [0, 0.1) is 0 Å². The van der Waals surface area contributed by atoms with Crippen LogP contribution in [0.1, 0.15) is 0 Å². The highest BCUT2D eigenvalue weighted by molar-refractivity contribution is 7.93. The molecular formula is C10H14N2O5S. The van der Waals surface area contributed by atoms with Crippen molar-refractivity contribution >= 4 is 27.4 Å². The molecule has 7 nitrogen and oxygen atoms in total. The number of carbonyl (C=O) groups excluding carboxylic acids is 1. The molecule has 8 heteroatoms. The first-order valence-corrected chi connectivity index (χ1v) is 6.54. The summed E-state index contributed by atoms with van der Waals surface area (Å²) in [6.45, 7) is 0. The van der Waals surface area contributed by atoms with Gasteiger partial charge in [-0.25, -0.2) is 8.42 Å². The third kappa shape index (κ3) is 3.81. The standard InChI is InChI=1S/C10H14N2O5S/c1-16-9-5-7(11)3-4-8(9)12-18(14,15)6-10(13)17-2/h3-5,12H,6,11H2,1-2H3. The van der Waals surface area contributed by atoms with Gasteiger partial charge in [-0.3, -0.25) is 9.52 Å². The average Bonchev–Trinajstić information content (AvgIpc) is 2.30. The molecule has 0 aromatic heterocycles. The maximum Gasteiger partial charge on any atom is 0.322 e. The van der Waals surface area contributed by atoms with Crippen molar-refractivity contribution in [1.82, 2.24) is 0 Å². The van der Waals surface area contributed by atoms with Gasteiger partial charge in [0.15, 0.2) is 5.75 Å². The summed E-state index contributed by atoms with van der Waals surface area (Å²) in [7, 11) is -1.34. The van der Waals surface area contributed by atoms with Crippen LogP contribution in [-0.4, -0.2) is 34.4 Å². The number of hydrogen-bond donors (Lipinski definition) is 2. The number of methoxy groups -OCH3 is 2. The highest BCUT2D eigenvalue weighted by atomic mass is 32.2. The maximum atomic E-state index is 11.6. The second-order valence-corrected chi connectivity index (χ2v) is 5.12. The smallest absolute Gasteiger partial charge is 0.322 e. The van der Waals surface area contributed by atoms with Crippen molar-refractivity contribution in [3.8, 4) is 5.75 Å². The van der Waals surface area contributed by atoms with E-state index >= 15 is 0 Å². The molecule has 0 radical (unpaired) electrons. The summed E-state index contributed by atoms with van der Waals surface area (Å²) < 4.78 is 34.7. The number of nitrogens with two attached hydrogens (primary N) is 1. The SMILES string of the molecule is COC(=O)CS(=O)(=O)Nc1ccc(N)cc1OC. The van der Waals surface area contributed by atoms with Gasteiger partial charge in [-0.1, -0.05) is 0 Å². The topological polar surface area (TPSA) is 108 Å². The van der Waals surface area contributed by atoms with Gasteiger partial charge in [-0.15, -0.1) is 0 Å². The summed E-state index contributed by atoms with van der Waals surface area (Å²) >= 11 is 0. The molecule has 0 aliphatic carbocycles. The first kappa shape index (κ1) is 14.1. The number of nitrogens with one attached hydrogen (secondary N) is 1. The lowest BCUT2D eigenvalue weighted by Crippen LogP contribution is -2.23. The fraction of sp³-hybridized carbons (Fsp3) is 0.300. The molecular weight excluding hydrogens is 260 g/mol. The Morgan fingerprint density at radius 1 is 1.39 bits per heavy atom. The Kier molecular flexibility index (Phi) is 4.38. The summed E-state index contributed by atoms with van der Waals surface area (Å²) in [5.74, 6) is -1.35. The molecule has 0 unspecified atom stereocenters. The number of nitrogen functional groups attached to an aromatic ring is 1. The molecule has 0 bridgehead atoms. The van der Waals surface area contributed by atoms with Gasteiger partial charge in [0.2, 0.25) is 10.0 Å². The minimum atomic E-state index is -3.84. The number of esters is 1. The first-order valence-electron chi connectivity index (χ1n) is 4.89. The number of ether oxygens (including phenoxy) is 2. The van der Waals surface area contributed by atoms with Gasteiger partial charge in [0.25, 0.3) is 0 Å². The number of hydrogen-bond acceptors (Lipinski definition) is 6. The van der Waals surface area contributed by atoms with Gasteiger partial charge in [0, 0.05) is 11.8 Å². The van der Waals surface area contributed by atoms with E-state index in [1.54, 1.807) is 0 Å². The lowest BCUT2D eigenvalue weighted by Gasteiger charge is -2.11. The molecule has 0 aliphatic rings. The molecule has 1 aromatic rings. The lowest BCUT2D eigenvalue weighted by atomic mass is 10.2. The van der Waals surface area contributed by atoms with E-state index in [1.165, 1.54) is 25.3 Å². The van der Waals surface area contributed by atoms with E-state index in [-0.39, 0.29) is 11.4 Å². The summed E-state index contributed by atoms with van der Waals surface area (Å²) in [5, 5.41) is 0. The van der Waals surface area contributed by atoms with E-state index in [0.29, 0.717) is 5.69 Å². The fourth-order valence-corrected chi connectivity index (χ4v) is 2.21. The Hall–Kier alpha value is -1.96. The highest BCUT2D eigenvalue weighted by Crippen LogP contribution is 2.27. The Bertz CT molecular complexity index is 541. The molecule has 100 valence electrons. The zero-order valence-corrected chi connectivity index (χ0v) is 10.8. The molecule has 0 heterocycles. The number of sulfonamides is 1. The third-order valence-corrected chi connectivity index (χ3v) is 3.17. The van der Waals surface area contributed by atoms with Crippen LogP contribution in [0.5, 0.6) is 5.75 Å². The van der Waals surface area contributed by atoms with Crippen LogP contribution in [0.3, 0.4) is 0 Å². The van der Waals surface area contributed by atoms with E-state index in [2.05, 4.69) is 9.46 Å². The van der Waals surface area contributed by atoms with Crippen molar-refractivity contribution in [3.63, 3.8) is 0 Å². The van der Waals surface area contributed by atoms with Crippen LogP contribution in [0.25, 0.3) is 0 Å². The average molecular weight is 274 g/mol. The molecule has 0 saturated heterocycles. The zero-order chi connectivity index (χ0) is 13.8. The van der Waals surface area contributed by atoms with Crippen LogP contribution in [-0.2, 0) is 19.6 Å². The second kappa shape index (κ2) is 5.58. The first-order chi connectivity index (χ1) is 8.38.